The predicted octanol–water partition coefficient (Wildman–Crippen LogP) is 4.78. The lowest BCUT2D eigenvalue weighted by molar-refractivity contribution is 0.102. The van der Waals surface area contributed by atoms with Gasteiger partial charge in [-0.05, 0) is 36.4 Å². The average molecular weight is 361 g/mol. The van der Waals surface area contributed by atoms with E-state index in [1.807, 2.05) is 0 Å². The maximum absolute atomic E-state index is 13.0. The second kappa shape index (κ2) is 5.94. The van der Waals surface area contributed by atoms with E-state index in [-0.39, 0.29) is 10.9 Å². The highest BCUT2D eigenvalue weighted by atomic mass is 79.9. The van der Waals surface area contributed by atoms with Crippen molar-refractivity contribution in [2.75, 3.05) is 5.32 Å². The number of carbonyl (C=O) groups is 1. The van der Waals surface area contributed by atoms with Gasteiger partial charge >= 0.3 is 0 Å². The second-order valence-electron chi connectivity index (χ2n) is 3.74. The molecule has 0 fully saturated rings. The lowest BCUT2D eigenvalue weighted by Crippen LogP contribution is -2.12. The Hall–Kier alpha value is -1.04. The van der Waals surface area contributed by atoms with Gasteiger partial charge in [-0.1, -0.05) is 27.5 Å². The zero-order valence-corrected chi connectivity index (χ0v) is 12.7. The number of hydrogen-bond donors (Lipinski definition) is 2. The number of amides is 1. The highest BCUT2D eigenvalue weighted by molar-refractivity contribution is 9.10. The van der Waals surface area contributed by atoms with Crippen molar-refractivity contribution in [3.8, 4) is 0 Å². The molecule has 1 amide bonds. The van der Waals surface area contributed by atoms with Crippen LogP contribution in [-0.4, -0.2) is 5.91 Å². The van der Waals surface area contributed by atoms with E-state index < -0.39 is 5.82 Å². The Labute approximate surface area is 128 Å². The third kappa shape index (κ3) is 3.49. The van der Waals surface area contributed by atoms with Crippen LogP contribution in [0.3, 0.4) is 0 Å². The molecule has 1 N–H and O–H groups in total. The molecule has 2 nitrogen and oxygen atoms in total. The molecular weight excluding hydrogens is 353 g/mol. The van der Waals surface area contributed by atoms with E-state index in [0.29, 0.717) is 16.1 Å². The summed E-state index contributed by atoms with van der Waals surface area (Å²) in [5.41, 5.74) is 0.846. The van der Waals surface area contributed by atoms with Gasteiger partial charge in [0.05, 0.1) is 10.6 Å². The summed E-state index contributed by atoms with van der Waals surface area (Å²) in [6.45, 7) is 0. The molecule has 6 heteroatoms. The number of hydrogen-bond acceptors (Lipinski definition) is 2. The topological polar surface area (TPSA) is 29.1 Å². The van der Waals surface area contributed by atoms with Crippen molar-refractivity contribution in [3.05, 3.63) is 57.3 Å². The number of thiol groups is 1. The summed E-state index contributed by atoms with van der Waals surface area (Å²) in [5, 5.41) is 2.59. The molecule has 0 saturated heterocycles. The lowest BCUT2D eigenvalue weighted by atomic mass is 10.2. The van der Waals surface area contributed by atoms with E-state index in [1.54, 1.807) is 18.2 Å². The van der Waals surface area contributed by atoms with E-state index in [1.165, 1.54) is 18.2 Å². The maximum atomic E-state index is 13.0. The van der Waals surface area contributed by atoms with Crippen LogP contribution in [-0.2, 0) is 0 Å². The molecule has 19 heavy (non-hydrogen) atoms. The standard InChI is InChI=1S/C13H8BrClFNOS/c14-7-1-3-9(12(19)5-7)13(18)17-8-2-4-11(16)10(15)6-8/h1-6,19H,(H,17,18). The Kier molecular flexibility index (Phi) is 4.50. The van der Waals surface area contributed by atoms with Gasteiger partial charge in [0.15, 0.2) is 0 Å². The summed E-state index contributed by atoms with van der Waals surface area (Å²) in [4.78, 5) is 12.6. The fourth-order valence-electron chi connectivity index (χ4n) is 1.47. The summed E-state index contributed by atoms with van der Waals surface area (Å²) in [7, 11) is 0. The Bertz CT molecular complexity index is 651. The Morgan fingerprint density at radius 1 is 1.26 bits per heavy atom. The first kappa shape index (κ1) is 14.4. The first-order chi connectivity index (χ1) is 8.97. The Balaban J connectivity index is 2.23. The SMILES string of the molecule is O=C(Nc1ccc(F)c(Cl)c1)c1ccc(Br)cc1S. The van der Waals surface area contributed by atoms with Crippen LogP contribution in [0.25, 0.3) is 0 Å². The summed E-state index contributed by atoms with van der Waals surface area (Å²) in [6, 6.07) is 9.10. The largest absolute Gasteiger partial charge is 0.322 e. The fraction of sp³-hybridized carbons (Fsp3) is 0. The molecule has 0 aliphatic carbocycles. The molecule has 0 aliphatic rings. The Morgan fingerprint density at radius 3 is 2.63 bits per heavy atom. The first-order valence-corrected chi connectivity index (χ1v) is 6.84. The summed E-state index contributed by atoms with van der Waals surface area (Å²) in [5.74, 6) is -0.863. The fourth-order valence-corrected chi connectivity index (χ4v) is 2.50. The van der Waals surface area contributed by atoms with E-state index in [0.717, 1.165) is 4.47 Å². The molecule has 0 unspecified atom stereocenters. The van der Waals surface area contributed by atoms with E-state index >= 15 is 0 Å². The second-order valence-corrected chi connectivity index (χ2v) is 5.55. The average Bonchev–Trinajstić information content (AvgIpc) is 2.33. The van der Waals surface area contributed by atoms with Crippen molar-refractivity contribution >= 4 is 51.8 Å². The molecule has 2 aromatic rings. The maximum Gasteiger partial charge on any atom is 0.256 e. The first-order valence-electron chi connectivity index (χ1n) is 5.22. The van der Waals surface area contributed by atoms with E-state index in [9.17, 15) is 9.18 Å². The molecule has 0 aliphatic heterocycles. The normalized spacial score (nSPS) is 10.3. The summed E-state index contributed by atoms with van der Waals surface area (Å²) in [6.07, 6.45) is 0. The minimum Gasteiger partial charge on any atom is -0.322 e. The van der Waals surface area contributed by atoms with Crippen LogP contribution in [0.2, 0.25) is 5.02 Å². The highest BCUT2D eigenvalue weighted by Gasteiger charge is 2.11. The zero-order valence-electron chi connectivity index (χ0n) is 9.45. The van der Waals surface area contributed by atoms with Crippen molar-refractivity contribution in [3.63, 3.8) is 0 Å². The van der Waals surface area contributed by atoms with Crippen LogP contribution >= 0.6 is 40.2 Å². The van der Waals surface area contributed by atoms with Crippen LogP contribution in [0.5, 0.6) is 0 Å². The molecular formula is C13H8BrClFNOS. The predicted molar refractivity (Wildman–Crippen MR) is 80.8 cm³/mol. The Morgan fingerprint density at radius 2 is 2.00 bits per heavy atom. The minimum atomic E-state index is -0.529. The third-order valence-electron chi connectivity index (χ3n) is 2.38. The molecule has 2 aromatic carbocycles. The van der Waals surface area contributed by atoms with Gasteiger partial charge in [-0.25, -0.2) is 4.39 Å². The monoisotopic (exact) mass is 359 g/mol. The number of anilines is 1. The quantitative estimate of drug-likeness (QED) is 0.741. The minimum absolute atomic E-state index is 0.0419. The molecule has 0 heterocycles. The van der Waals surface area contributed by atoms with E-state index in [2.05, 4.69) is 33.9 Å². The van der Waals surface area contributed by atoms with Crippen LogP contribution < -0.4 is 5.32 Å². The third-order valence-corrected chi connectivity index (χ3v) is 3.53. The van der Waals surface area contributed by atoms with Gasteiger partial charge in [0, 0.05) is 15.1 Å². The zero-order chi connectivity index (χ0) is 14.0. The molecule has 0 saturated carbocycles. The van der Waals surface area contributed by atoms with Crippen molar-refractivity contribution in [1.29, 1.82) is 0 Å². The summed E-state index contributed by atoms with van der Waals surface area (Å²) >= 11 is 13.2. The van der Waals surface area contributed by atoms with E-state index in [4.69, 9.17) is 11.6 Å². The molecule has 0 bridgehead atoms. The molecule has 2 rings (SSSR count). The number of halogens is 3. The van der Waals surface area contributed by atoms with Crippen molar-refractivity contribution in [2.45, 2.75) is 4.90 Å². The van der Waals surface area contributed by atoms with Crippen molar-refractivity contribution in [2.24, 2.45) is 0 Å². The lowest BCUT2D eigenvalue weighted by Gasteiger charge is -2.08. The van der Waals surface area contributed by atoms with Gasteiger partial charge in [0.2, 0.25) is 0 Å². The van der Waals surface area contributed by atoms with Gasteiger partial charge in [0.25, 0.3) is 5.91 Å². The molecule has 0 aromatic heterocycles. The highest BCUT2D eigenvalue weighted by Crippen LogP contribution is 2.23. The van der Waals surface area contributed by atoms with Crippen LogP contribution in [0.15, 0.2) is 45.8 Å². The number of carbonyl (C=O) groups excluding carboxylic acids is 1. The van der Waals surface area contributed by atoms with Crippen molar-refractivity contribution < 1.29 is 9.18 Å². The van der Waals surface area contributed by atoms with Crippen LogP contribution in [0, 0.1) is 5.82 Å². The number of nitrogens with one attached hydrogen (secondary N) is 1. The molecule has 0 atom stereocenters. The number of benzene rings is 2. The smallest absolute Gasteiger partial charge is 0.256 e. The van der Waals surface area contributed by atoms with Gasteiger partial charge in [0.1, 0.15) is 5.82 Å². The number of rotatable bonds is 2. The van der Waals surface area contributed by atoms with Gasteiger partial charge in [-0.15, -0.1) is 12.6 Å². The van der Waals surface area contributed by atoms with Gasteiger partial charge in [-0.3, -0.25) is 4.79 Å². The molecule has 98 valence electrons. The van der Waals surface area contributed by atoms with Crippen LogP contribution in [0.4, 0.5) is 10.1 Å². The van der Waals surface area contributed by atoms with Crippen LogP contribution in [0.1, 0.15) is 10.4 Å². The molecule has 0 radical (unpaired) electrons. The van der Waals surface area contributed by atoms with Gasteiger partial charge < -0.3 is 5.32 Å². The summed E-state index contributed by atoms with van der Waals surface area (Å²) < 4.78 is 13.8. The van der Waals surface area contributed by atoms with Crippen molar-refractivity contribution in [1.82, 2.24) is 0 Å². The molecule has 0 spiro atoms. The van der Waals surface area contributed by atoms with Gasteiger partial charge in [-0.2, -0.15) is 0 Å².